The van der Waals surface area contributed by atoms with Gasteiger partial charge in [-0.05, 0) is 17.2 Å². The number of nitrogens with zero attached hydrogens (tertiary/aromatic N) is 1. The van der Waals surface area contributed by atoms with Crippen LogP contribution in [-0.4, -0.2) is 16.1 Å². The van der Waals surface area contributed by atoms with Crippen molar-refractivity contribution in [2.24, 2.45) is 5.73 Å². The van der Waals surface area contributed by atoms with Crippen molar-refractivity contribution >= 4 is 17.6 Å². The molecule has 0 saturated carbocycles. The maximum atomic E-state index is 12.6. The summed E-state index contributed by atoms with van der Waals surface area (Å²) in [6, 6.07) is 1.24. The fourth-order valence-electron chi connectivity index (χ4n) is 1.35. The van der Waals surface area contributed by atoms with Crippen LogP contribution in [0.15, 0.2) is 6.07 Å². The molecule has 0 saturated heterocycles. The average molecular weight is 251 g/mol. The predicted molar refractivity (Wildman–Crippen MR) is 53.4 cm³/mol. The van der Waals surface area contributed by atoms with E-state index in [-0.39, 0.29) is 22.8 Å². The smallest absolute Gasteiger partial charge is 0.307 e. The lowest BCUT2D eigenvalue weighted by Crippen LogP contribution is -2.12. The number of hydrogen-bond donors (Lipinski definition) is 2. The zero-order chi connectivity index (χ0) is 12.3. The zero-order valence-electron chi connectivity index (χ0n) is 8.08. The number of carbonyl (C=O) groups is 1. The first-order valence-electron chi connectivity index (χ1n) is 4.34. The number of aromatic nitrogens is 1. The van der Waals surface area contributed by atoms with Crippen molar-refractivity contribution in [2.45, 2.75) is 19.4 Å². The lowest BCUT2D eigenvalue weighted by molar-refractivity contribution is -0.136. The minimum atomic E-state index is -2.83. The Balaban J connectivity index is 3.29. The predicted octanol–water partition coefficient (Wildman–Crippen LogP) is 1.76. The van der Waals surface area contributed by atoms with Gasteiger partial charge in [-0.3, -0.25) is 4.79 Å². The molecule has 0 aromatic carbocycles. The van der Waals surface area contributed by atoms with E-state index in [0.717, 1.165) is 0 Å². The van der Waals surface area contributed by atoms with E-state index >= 15 is 0 Å². The third-order valence-corrected chi connectivity index (χ3v) is 2.16. The Hall–Kier alpha value is -1.27. The van der Waals surface area contributed by atoms with Crippen LogP contribution in [0.1, 0.15) is 23.2 Å². The number of pyridine rings is 1. The summed E-state index contributed by atoms with van der Waals surface area (Å²) in [6.07, 6.45) is -3.24. The van der Waals surface area contributed by atoms with Gasteiger partial charge < -0.3 is 10.8 Å². The van der Waals surface area contributed by atoms with Crippen molar-refractivity contribution in [3.05, 3.63) is 28.0 Å². The van der Waals surface area contributed by atoms with Gasteiger partial charge in [0.05, 0.1) is 6.42 Å². The topological polar surface area (TPSA) is 76.2 Å². The first-order valence-corrected chi connectivity index (χ1v) is 4.71. The lowest BCUT2D eigenvalue weighted by Gasteiger charge is -2.11. The lowest BCUT2D eigenvalue weighted by atomic mass is 10.0. The van der Waals surface area contributed by atoms with E-state index < -0.39 is 24.5 Å². The van der Waals surface area contributed by atoms with Gasteiger partial charge >= 0.3 is 5.97 Å². The SMILES string of the molecule is NCc1c(CC(=O)O)cc(Cl)nc1C(F)F. The number of halogens is 3. The van der Waals surface area contributed by atoms with Crippen LogP contribution in [0, 0.1) is 0 Å². The zero-order valence-corrected chi connectivity index (χ0v) is 8.84. The van der Waals surface area contributed by atoms with Gasteiger partial charge in [-0.1, -0.05) is 11.6 Å². The summed E-state index contributed by atoms with van der Waals surface area (Å²) in [5.41, 5.74) is 4.97. The van der Waals surface area contributed by atoms with E-state index in [1.54, 1.807) is 0 Å². The summed E-state index contributed by atoms with van der Waals surface area (Å²) in [7, 11) is 0. The van der Waals surface area contributed by atoms with Crippen LogP contribution in [0.4, 0.5) is 8.78 Å². The van der Waals surface area contributed by atoms with Crippen molar-refractivity contribution in [1.82, 2.24) is 4.98 Å². The molecule has 0 radical (unpaired) electrons. The number of aliphatic carboxylic acids is 1. The molecule has 0 fully saturated rings. The number of rotatable bonds is 4. The molecule has 0 aliphatic rings. The highest BCUT2D eigenvalue weighted by Crippen LogP contribution is 2.26. The Morgan fingerprint density at radius 3 is 2.69 bits per heavy atom. The molecule has 88 valence electrons. The standard InChI is InChI=1S/C9H9ClF2N2O2/c10-6-1-4(2-7(15)16)5(3-13)8(14-6)9(11)12/h1,9H,2-3,13H2,(H,15,16). The highest BCUT2D eigenvalue weighted by molar-refractivity contribution is 6.29. The first-order chi connectivity index (χ1) is 7.45. The molecular weight excluding hydrogens is 242 g/mol. The third-order valence-electron chi connectivity index (χ3n) is 1.97. The maximum absolute atomic E-state index is 12.6. The van der Waals surface area contributed by atoms with Crippen LogP contribution in [0.5, 0.6) is 0 Å². The fraction of sp³-hybridized carbons (Fsp3) is 0.333. The molecule has 1 aromatic rings. The Labute approximate surface area is 95.0 Å². The van der Waals surface area contributed by atoms with Gasteiger partial charge in [-0.2, -0.15) is 0 Å². The molecule has 16 heavy (non-hydrogen) atoms. The quantitative estimate of drug-likeness (QED) is 0.799. The molecule has 1 rings (SSSR count). The summed E-state index contributed by atoms with van der Waals surface area (Å²) < 4.78 is 25.2. The van der Waals surface area contributed by atoms with Crippen LogP contribution in [0.2, 0.25) is 5.15 Å². The fourth-order valence-corrected chi connectivity index (χ4v) is 1.57. The Morgan fingerprint density at radius 2 is 2.25 bits per heavy atom. The maximum Gasteiger partial charge on any atom is 0.307 e. The summed E-state index contributed by atoms with van der Waals surface area (Å²) >= 11 is 5.53. The van der Waals surface area contributed by atoms with Gasteiger partial charge in [-0.25, -0.2) is 13.8 Å². The first kappa shape index (κ1) is 12.8. The molecule has 3 N–H and O–H groups in total. The van der Waals surface area contributed by atoms with Gasteiger partial charge in [-0.15, -0.1) is 0 Å². The van der Waals surface area contributed by atoms with Crippen LogP contribution >= 0.6 is 11.6 Å². The third kappa shape index (κ3) is 2.86. The van der Waals surface area contributed by atoms with Crippen LogP contribution in [0.25, 0.3) is 0 Å². The minimum Gasteiger partial charge on any atom is -0.481 e. The molecule has 0 amide bonds. The van der Waals surface area contributed by atoms with Crippen LogP contribution in [-0.2, 0) is 17.8 Å². The van der Waals surface area contributed by atoms with Gasteiger partial charge in [0.25, 0.3) is 6.43 Å². The number of nitrogens with two attached hydrogens (primary N) is 1. The van der Waals surface area contributed by atoms with Crippen molar-refractivity contribution < 1.29 is 18.7 Å². The summed E-state index contributed by atoms with van der Waals surface area (Å²) in [4.78, 5) is 14.0. The number of carboxylic acid groups (broad SMARTS) is 1. The summed E-state index contributed by atoms with van der Waals surface area (Å²) in [6.45, 7) is -0.202. The largest absolute Gasteiger partial charge is 0.481 e. The number of alkyl halides is 2. The van der Waals surface area contributed by atoms with E-state index in [2.05, 4.69) is 4.98 Å². The molecule has 0 aliphatic carbocycles. The molecule has 1 aromatic heterocycles. The second-order valence-electron chi connectivity index (χ2n) is 3.04. The van der Waals surface area contributed by atoms with Crippen molar-refractivity contribution in [2.75, 3.05) is 0 Å². The van der Waals surface area contributed by atoms with Gasteiger partial charge in [0, 0.05) is 6.54 Å². The molecular formula is C9H9ClF2N2O2. The molecule has 0 atom stereocenters. The molecule has 0 aliphatic heterocycles. The minimum absolute atomic E-state index is 0.0433. The molecule has 0 unspecified atom stereocenters. The van der Waals surface area contributed by atoms with Crippen LogP contribution < -0.4 is 5.73 Å². The summed E-state index contributed by atoms with van der Waals surface area (Å²) in [5.74, 6) is -1.14. The normalized spacial score (nSPS) is 10.8. The van der Waals surface area contributed by atoms with Gasteiger partial charge in [0.2, 0.25) is 0 Å². The second-order valence-corrected chi connectivity index (χ2v) is 3.43. The molecule has 4 nitrogen and oxygen atoms in total. The van der Waals surface area contributed by atoms with Gasteiger partial charge in [0.1, 0.15) is 10.8 Å². The molecule has 7 heteroatoms. The highest BCUT2D eigenvalue weighted by atomic mass is 35.5. The van der Waals surface area contributed by atoms with Crippen molar-refractivity contribution in [3.63, 3.8) is 0 Å². The van der Waals surface area contributed by atoms with E-state index in [0.29, 0.717) is 0 Å². The second kappa shape index (κ2) is 5.18. The molecule has 0 spiro atoms. The van der Waals surface area contributed by atoms with Crippen molar-refractivity contribution in [1.29, 1.82) is 0 Å². The van der Waals surface area contributed by atoms with Gasteiger partial charge in [0.15, 0.2) is 0 Å². The monoisotopic (exact) mass is 250 g/mol. The number of hydrogen-bond acceptors (Lipinski definition) is 3. The van der Waals surface area contributed by atoms with Crippen molar-refractivity contribution in [3.8, 4) is 0 Å². The van der Waals surface area contributed by atoms with E-state index in [4.69, 9.17) is 22.4 Å². The molecule has 1 heterocycles. The Morgan fingerprint density at radius 1 is 1.62 bits per heavy atom. The van der Waals surface area contributed by atoms with E-state index in [1.807, 2.05) is 0 Å². The van der Waals surface area contributed by atoms with E-state index in [1.165, 1.54) is 6.07 Å². The molecule has 0 bridgehead atoms. The van der Waals surface area contributed by atoms with E-state index in [9.17, 15) is 13.6 Å². The van der Waals surface area contributed by atoms with Crippen LogP contribution in [0.3, 0.4) is 0 Å². The Kier molecular flexibility index (Phi) is 4.14. The Bertz CT molecular complexity index is 413. The summed E-state index contributed by atoms with van der Waals surface area (Å²) in [5, 5.41) is 8.45. The number of carboxylic acids is 1. The highest BCUT2D eigenvalue weighted by Gasteiger charge is 2.19. The average Bonchev–Trinajstić information content (AvgIpc) is 2.15.